The van der Waals surface area contributed by atoms with Gasteiger partial charge in [0.15, 0.2) is 0 Å². The van der Waals surface area contributed by atoms with Crippen molar-refractivity contribution in [1.82, 2.24) is 4.57 Å². The van der Waals surface area contributed by atoms with Crippen molar-refractivity contribution in [2.75, 3.05) is 0 Å². The molecule has 0 fully saturated rings. The van der Waals surface area contributed by atoms with E-state index in [1.165, 1.54) is 10.8 Å². The lowest BCUT2D eigenvalue weighted by molar-refractivity contribution is 1.16. The Kier molecular flexibility index (Phi) is 3.12. The van der Waals surface area contributed by atoms with Crippen molar-refractivity contribution in [3.63, 3.8) is 0 Å². The molecule has 3 aromatic carbocycles. The number of hydrogen-bond donors (Lipinski definition) is 0. The van der Waals surface area contributed by atoms with E-state index in [9.17, 15) is 5.26 Å². The van der Waals surface area contributed by atoms with Crippen LogP contribution in [0.3, 0.4) is 0 Å². The molecule has 0 aliphatic rings. The Balaban J connectivity index is 2.24. The first-order chi connectivity index (χ1) is 10.8. The molecule has 0 saturated carbocycles. The third-order valence-corrected chi connectivity index (χ3v) is 4.82. The van der Waals surface area contributed by atoms with Crippen LogP contribution in [-0.4, -0.2) is 4.57 Å². The summed E-state index contributed by atoms with van der Waals surface area (Å²) in [4.78, 5) is 0. The molecule has 4 aromatic rings. The van der Waals surface area contributed by atoms with E-state index in [2.05, 4.69) is 69.6 Å². The molecule has 4 rings (SSSR count). The SMILES string of the molecule is N#Cc1c(I)cccc1-n1c2ccccc2c2ccccc21. The standard InChI is InChI=1S/C19H11IN2/c20-16-8-5-11-19(15(16)12-21)22-17-9-3-1-6-13(17)14-7-2-4-10-18(14)22/h1-11H. The molecule has 104 valence electrons. The zero-order valence-electron chi connectivity index (χ0n) is 11.6. The number of nitriles is 1. The van der Waals surface area contributed by atoms with Gasteiger partial charge in [-0.25, -0.2) is 0 Å². The van der Waals surface area contributed by atoms with Crippen molar-refractivity contribution in [3.05, 3.63) is 75.9 Å². The van der Waals surface area contributed by atoms with Gasteiger partial charge in [-0.1, -0.05) is 42.5 Å². The van der Waals surface area contributed by atoms with Gasteiger partial charge in [0.25, 0.3) is 0 Å². The Morgan fingerprint density at radius 1 is 0.773 bits per heavy atom. The second-order valence-electron chi connectivity index (χ2n) is 5.12. The summed E-state index contributed by atoms with van der Waals surface area (Å²) >= 11 is 2.22. The van der Waals surface area contributed by atoms with Crippen LogP contribution >= 0.6 is 22.6 Å². The fourth-order valence-electron chi connectivity index (χ4n) is 2.99. The summed E-state index contributed by atoms with van der Waals surface area (Å²) in [6.45, 7) is 0. The number of para-hydroxylation sites is 2. The Morgan fingerprint density at radius 2 is 1.36 bits per heavy atom. The van der Waals surface area contributed by atoms with Crippen LogP contribution in [0.25, 0.3) is 27.5 Å². The Morgan fingerprint density at radius 3 is 1.95 bits per heavy atom. The van der Waals surface area contributed by atoms with Gasteiger partial charge in [0.05, 0.1) is 22.3 Å². The average Bonchev–Trinajstić information content (AvgIpc) is 2.89. The molecule has 0 radical (unpaired) electrons. The highest BCUT2D eigenvalue weighted by Gasteiger charge is 2.15. The van der Waals surface area contributed by atoms with Crippen LogP contribution in [0.2, 0.25) is 0 Å². The number of hydrogen-bond acceptors (Lipinski definition) is 1. The predicted octanol–water partition coefficient (Wildman–Crippen LogP) is 5.26. The van der Waals surface area contributed by atoms with E-state index in [0.717, 1.165) is 25.9 Å². The Bertz CT molecular complexity index is 1000. The van der Waals surface area contributed by atoms with Gasteiger partial charge in [0.2, 0.25) is 0 Å². The molecular weight excluding hydrogens is 383 g/mol. The molecule has 2 nitrogen and oxygen atoms in total. The van der Waals surface area contributed by atoms with Crippen molar-refractivity contribution in [2.45, 2.75) is 0 Å². The smallest absolute Gasteiger partial charge is 0.102 e. The molecule has 0 bridgehead atoms. The van der Waals surface area contributed by atoms with Crippen molar-refractivity contribution in [2.24, 2.45) is 0 Å². The number of halogens is 1. The van der Waals surface area contributed by atoms with Crippen LogP contribution in [0.1, 0.15) is 5.56 Å². The van der Waals surface area contributed by atoms with Gasteiger partial charge in [-0.2, -0.15) is 5.26 Å². The maximum absolute atomic E-state index is 9.57. The largest absolute Gasteiger partial charge is 0.308 e. The summed E-state index contributed by atoms with van der Waals surface area (Å²) in [6, 6.07) is 25.0. The Hall–Kier alpha value is -2.32. The molecule has 0 unspecified atom stereocenters. The quantitative estimate of drug-likeness (QED) is 0.405. The lowest BCUT2D eigenvalue weighted by Gasteiger charge is -2.10. The highest BCUT2D eigenvalue weighted by molar-refractivity contribution is 14.1. The summed E-state index contributed by atoms with van der Waals surface area (Å²) in [6.07, 6.45) is 0. The predicted molar refractivity (Wildman–Crippen MR) is 98.2 cm³/mol. The van der Waals surface area contributed by atoms with Gasteiger partial charge in [-0.15, -0.1) is 0 Å². The van der Waals surface area contributed by atoms with Crippen LogP contribution < -0.4 is 0 Å². The maximum atomic E-state index is 9.57. The van der Waals surface area contributed by atoms with E-state index in [-0.39, 0.29) is 0 Å². The molecule has 0 amide bonds. The van der Waals surface area contributed by atoms with Gasteiger partial charge in [-0.05, 0) is 46.9 Å². The number of aromatic nitrogens is 1. The third-order valence-electron chi connectivity index (χ3n) is 3.92. The minimum absolute atomic E-state index is 0.717. The minimum Gasteiger partial charge on any atom is -0.308 e. The fourth-order valence-corrected chi connectivity index (χ4v) is 3.60. The van der Waals surface area contributed by atoms with Crippen molar-refractivity contribution in [3.8, 4) is 11.8 Å². The molecule has 0 N–H and O–H groups in total. The van der Waals surface area contributed by atoms with E-state index in [1.54, 1.807) is 0 Å². The second kappa shape index (κ2) is 5.15. The monoisotopic (exact) mass is 394 g/mol. The van der Waals surface area contributed by atoms with Crippen LogP contribution in [0, 0.1) is 14.9 Å². The lowest BCUT2D eigenvalue weighted by Crippen LogP contribution is -1.98. The average molecular weight is 394 g/mol. The number of fused-ring (bicyclic) bond motifs is 3. The van der Waals surface area contributed by atoms with Crippen molar-refractivity contribution in [1.29, 1.82) is 5.26 Å². The third kappa shape index (κ3) is 1.84. The zero-order valence-corrected chi connectivity index (χ0v) is 13.8. The van der Waals surface area contributed by atoms with Crippen molar-refractivity contribution >= 4 is 44.4 Å². The molecule has 1 heterocycles. The van der Waals surface area contributed by atoms with Gasteiger partial charge < -0.3 is 4.57 Å². The number of nitrogens with zero attached hydrogens (tertiary/aromatic N) is 2. The van der Waals surface area contributed by atoms with Crippen molar-refractivity contribution < 1.29 is 0 Å². The number of rotatable bonds is 1. The molecule has 22 heavy (non-hydrogen) atoms. The van der Waals surface area contributed by atoms with Gasteiger partial charge >= 0.3 is 0 Å². The van der Waals surface area contributed by atoms with E-state index >= 15 is 0 Å². The summed E-state index contributed by atoms with van der Waals surface area (Å²) in [7, 11) is 0. The number of benzene rings is 3. The molecule has 0 aliphatic carbocycles. The van der Waals surface area contributed by atoms with E-state index in [1.807, 2.05) is 30.3 Å². The molecule has 0 aliphatic heterocycles. The lowest BCUT2D eigenvalue weighted by atomic mass is 10.2. The van der Waals surface area contributed by atoms with Crippen LogP contribution in [0.5, 0.6) is 0 Å². The zero-order chi connectivity index (χ0) is 15.1. The van der Waals surface area contributed by atoms with Gasteiger partial charge in [-0.3, -0.25) is 0 Å². The molecule has 0 atom stereocenters. The molecule has 3 heteroatoms. The summed E-state index contributed by atoms with van der Waals surface area (Å²) < 4.78 is 3.16. The van der Waals surface area contributed by atoms with Gasteiger partial charge in [0, 0.05) is 14.3 Å². The molecule has 0 saturated heterocycles. The summed E-state index contributed by atoms with van der Waals surface area (Å²) in [5.41, 5.74) is 3.91. The normalized spacial score (nSPS) is 10.9. The first-order valence-electron chi connectivity index (χ1n) is 6.98. The van der Waals surface area contributed by atoms with E-state index in [4.69, 9.17) is 0 Å². The topological polar surface area (TPSA) is 28.7 Å². The second-order valence-corrected chi connectivity index (χ2v) is 6.28. The Labute approximate surface area is 141 Å². The minimum atomic E-state index is 0.717. The first kappa shape index (κ1) is 13.4. The highest BCUT2D eigenvalue weighted by atomic mass is 127. The maximum Gasteiger partial charge on any atom is 0.102 e. The van der Waals surface area contributed by atoms with Crippen LogP contribution in [0.15, 0.2) is 66.7 Å². The fraction of sp³-hybridized carbons (Fsp3) is 0. The van der Waals surface area contributed by atoms with E-state index in [0.29, 0.717) is 0 Å². The first-order valence-corrected chi connectivity index (χ1v) is 8.06. The van der Waals surface area contributed by atoms with Gasteiger partial charge in [0.1, 0.15) is 6.07 Å². The van der Waals surface area contributed by atoms with Crippen LogP contribution in [-0.2, 0) is 0 Å². The molecule has 1 aromatic heterocycles. The molecule has 0 spiro atoms. The summed E-state index contributed by atoms with van der Waals surface area (Å²) in [5.74, 6) is 0. The van der Waals surface area contributed by atoms with Crippen LogP contribution in [0.4, 0.5) is 0 Å². The molecular formula is C19H11IN2. The summed E-state index contributed by atoms with van der Waals surface area (Å²) in [5, 5.41) is 12.0. The highest BCUT2D eigenvalue weighted by Crippen LogP contribution is 2.33. The van der Waals surface area contributed by atoms with E-state index < -0.39 is 0 Å².